The van der Waals surface area contributed by atoms with Gasteiger partial charge in [0.1, 0.15) is 11.0 Å². The zero-order chi connectivity index (χ0) is 23.1. The molecule has 2 aromatic rings. The van der Waals surface area contributed by atoms with Crippen LogP contribution in [0.25, 0.3) is 5.69 Å². The van der Waals surface area contributed by atoms with Crippen molar-refractivity contribution >= 4 is 23.4 Å². The van der Waals surface area contributed by atoms with E-state index in [4.69, 9.17) is 11.6 Å². The fourth-order valence-corrected chi connectivity index (χ4v) is 5.14. The SMILES string of the molecule is COF.Cc1ccc(-n2c(C)nnc2SCCNC2=C(Cl)N(C)CC=C2)c2c1CCCC2. The second-order valence-corrected chi connectivity index (χ2v) is 9.27. The first-order valence-corrected chi connectivity index (χ1v) is 12.2. The van der Waals surface area contributed by atoms with Crippen molar-refractivity contribution in [2.75, 3.05) is 33.0 Å². The summed E-state index contributed by atoms with van der Waals surface area (Å²) in [5.74, 6) is 1.83. The number of nitrogens with zero attached hydrogens (tertiary/aromatic N) is 4. The Morgan fingerprint density at radius 2 is 1.91 bits per heavy atom. The fourth-order valence-electron chi connectivity index (χ4n) is 4.09. The Morgan fingerprint density at radius 1 is 1.19 bits per heavy atom. The third-order valence-corrected chi connectivity index (χ3v) is 7.07. The van der Waals surface area contributed by atoms with Crippen molar-refractivity contribution in [1.82, 2.24) is 25.0 Å². The Morgan fingerprint density at radius 3 is 2.66 bits per heavy atom. The number of rotatable bonds is 6. The average molecular weight is 480 g/mol. The molecule has 0 bridgehead atoms. The van der Waals surface area contributed by atoms with Crippen LogP contribution in [0.3, 0.4) is 0 Å². The van der Waals surface area contributed by atoms with E-state index in [9.17, 15) is 4.53 Å². The minimum absolute atomic E-state index is 0.766. The molecule has 0 saturated carbocycles. The number of likely N-dealkylation sites (N-methyl/N-ethyl adjacent to an activating group) is 1. The summed E-state index contributed by atoms with van der Waals surface area (Å²) >= 11 is 8.11. The van der Waals surface area contributed by atoms with Gasteiger partial charge < -0.3 is 10.2 Å². The summed E-state index contributed by atoms with van der Waals surface area (Å²) in [5, 5.41) is 14.0. The Balaban J connectivity index is 0.000000913. The van der Waals surface area contributed by atoms with E-state index in [0.717, 1.165) is 54.2 Å². The molecule has 0 unspecified atom stereocenters. The summed E-state index contributed by atoms with van der Waals surface area (Å²) in [6.07, 6.45) is 9.03. The third kappa shape index (κ3) is 5.66. The van der Waals surface area contributed by atoms with E-state index in [1.807, 2.05) is 18.9 Å². The predicted molar refractivity (Wildman–Crippen MR) is 129 cm³/mol. The molecule has 0 fully saturated rings. The van der Waals surface area contributed by atoms with Gasteiger partial charge in [0.15, 0.2) is 5.16 Å². The summed E-state index contributed by atoms with van der Waals surface area (Å²) in [4.78, 5) is 4.78. The van der Waals surface area contributed by atoms with Crippen molar-refractivity contribution < 1.29 is 9.47 Å². The first-order chi connectivity index (χ1) is 15.5. The number of allylic oxidation sites excluding steroid dienone is 1. The summed E-state index contributed by atoms with van der Waals surface area (Å²) in [5.41, 5.74) is 6.64. The van der Waals surface area contributed by atoms with Crippen LogP contribution in [0.2, 0.25) is 0 Å². The van der Waals surface area contributed by atoms with Crippen molar-refractivity contribution in [3.63, 3.8) is 0 Å². The number of halogens is 2. The first-order valence-electron chi connectivity index (χ1n) is 10.8. The molecule has 0 radical (unpaired) electrons. The van der Waals surface area contributed by atoms with Gasteiger partial charge in [0.05, 0.1) is 18.5 Å². The number of nitrogens with one attached hydrogen (secondary N) is 1. The average Bonchev–Trinajstić information content (AvgIpc) is 3.15. The predicted octanol–water partition coefficient (Wildman–Crippen LogP) is 4.87. The molecule has 1 aliphatic heterocycles. The van der Waals surface area contributed by atoms with Crippen LogP contribution < -0.4 is 5.32 Å². The molecule has 4 rings (SSSR count). The first kappa shape index (κ1) is 24.6. The van der Waals surface area contributed by atoms with Crippen LogP contribution in [0, 0.1) is 13.8 Å². The molecule has 32 heavy (non-hydrogen) atoms. The lowest BCUT2D eigenvalue weighted by molar-refractivity contribution is -0.0960. The summed E-state index contributed by atoms with van der Waals surface area (Å²) in [6.45, 7) is 5.93. The minimum atomic E-state index is 0.766. The molecule has 0 saturated heterocycles. The van der Waals surface area contributed by atoms with Crippen molar-refractivity contribution in [3.05, 3.63) is 57.7 Å². The minimum Gasteiger partial charge on any atom is -0.382 e. The second-order valence-electron chi connectivity index (χ2n) is 7.85. The van der Waals surface area contributed by atoms with Gasteiger partial charge in [-0.05, 0) is 72.9 Å². The monoisotopic (exact) mass is 479 g/mol. The van der Waals surface area contributed by atoms with Gasteiger partial charge in [-0.1, -0.05) is 35.5 Å². The highest BCUT2D eigenvalue weighted by Crippen LogP contribution is 2.32. The summed E-state index contributed by atoms with van der Waals surface area (Å²) < 4.78 is 12.0. The van der Waals surface area contributed by atoms with E-state index in [1.165, 1.54) is 41.6 Å². The lowest BCUT2D eigenvalue weighted by Gasteiger charge is -2.23. The van der Waals surface area contributed by atoms with E-state index in [2.05, 4.69) is 56.2 Å². The maximum Gasteiger partial charge on any atom is 0.195 e. The molecular weight excluding hydrogens is 449 g/mol. The lowest BCUT2D eigenvalue weighted by atomic mass is 9.87. The van der Waals surface area contributed by atoms with Gasteiger partial charge >= 0.3 is 0 Å². The van der Waals surface area contributed by atoms with Crippen molar-refractivity contribution in [1.29, 1.82) is 0 Å². The Bertz CT molecular complexity index is 991. The maximum absolute atomic E-state index is 9.79. The van der Waals surface area contributed by atoms with Crippen molar-refractivity contribution in [2.45, 2.75) is 44.7 Å². The number of fused-ring (bicyclic) bond motifs is 1. The molecular formula is C23H31ClFN5OS. The van der Waals surface area contributed by atoms with E-state index >= 15 is 0 Å². The number of aromatic nitrogens is 3. The highest BCUT2D eigenvalue weighted by molar-refractivity contribution is 7.99. The van der Waals surface area contributed by atoms with Gasteiger partial charge in [0.2, 0.25) is 0 Å². The Kier molecular flexibility index (Phi) is 9.02. The molecule has 0 amide bonds. The van der Waals surface area contributed by atoms with Gasteiger partial charge in [-0.3, -0.25) is 4.57 Å². The molecule has 174 valence electrons. The van der Waals surface area contributed by atoms with E-state index < -0.39 is 0 Å². The lowest BCUT2D eigenvalue weighted by Crippen LogP contribution is -2.26. The van der Waals surface area contributed by atoms with Crippen LogP contribution in [-0.4, -0.2) is 52.7 Å². The highest BCUT2D eigenvalue weighted by atomic mass is 35.5. The van der Waals surface area contributed by atoms with Gasteiger partial charge in [-0.25, -0.2) is 0 Å². The number of aryl methyl sites for hydroxylation is 2. The summed E-state index contributed by atoms with van der Waals surface area (Å²) in [6, 6.07) is 4.49. The molecule has 1 aliphatic carbocycles. The zero-order valence-corrected chi connectivity index (χ0v) is 20.7. The van der Waals surface area contributed by atoms with Crippen LogP contribution >= 0.6 is 23.4 Å². The largest absolute Gasteiger partial charge is 0.382 e. The van der Waals surface area contributed by atoms with Gasteiger partial charge in [0.25, 0.3) is 0 Å². The van der Waals surface area contributed by atoms with Gasteiger partial charge in [-0.2, -0.15) is 4.94 Å². The number of benzene rings is 1. The van der Waals surface area contributed by atoms with Crippen LogP contribution in [0.5, 0.6) is 0 Å². The Labute approximate surface area is 198 Å². The van der Waals surface area contributed by atoms with Gasteiger partial charge in [0, 0.05) is 25.9 Å². The molecule has 1 aromatic carbocycles. The van der Waals surface area contributed by atoms with Crippen LogP contribution in [0.1, 0.15) is 35.4 Å². The molecule has 6 nitrogen and oxygen atoms in total. The van der Waals surface area contributed by atoms with Gasteiger partial charge in [-0.15, -0.1) is 10.2 Å². The van der Waals surface area contributed by atoms with E-state index in [0.29, 0.717) is 0 Å². The molecule has 2 heterocycles. The number of hydrogen-bond acceptors (Lipinski definition) is 6. The number of thioether (sulfide) groups is 1. The molecule has 1 aromatic heterocycles. The van der Waals surface area contributed by atoms with Crippen molar-refractivity contribution in [2.24, 2.45) is 0 Å². The smallest absolute Gasteiger partial charge is 0.195 e. The molecule has 9 heteroatoms. The molecule has 0 atom stereocenters. The highest BCUT2D eigenvalue weighted by Gasteiger charge is 2.20. The normalized spacial score (nSPS) is 15.4. The molecule has 1 N–H and O–H groups in total. The standard InChI is InChI=1S/C22H28ClN5S.CH3FO/c1-15-10-11-20(18-8-5-4-7-17(15)18)28-16(2)25-26-22(28)29-14-12-24-19-9-6-13-27(3)21(19)23;1-3-2/h6,9-11,24H,4-5,7-8,12-14H2,1-3H3;1H3. The Hall–Kier alpha value is -2.03. The summed E-state index contributed by atoms with van der Waals surface area (Å²) in [7, 11) is 2.95. The number of hydrogen-bond donors (Lipinski definition) is 1. The maximum atomic E-state index is 9.79. The fraction of sp³-hybridized carbons (Fsp3) is 0.478. The van der Waals surface area contributed by atoms with Crippen LogP contribution in [-0.2, 0) is 17.8 Å². The van der Waals surface area contributed by atoms with Crippen LogP contribution in [0.15, 0.2) is 40.3 Å². The molecule has 2 aliphatic rings. The van der Waals surface area contributed by atoms with E-state index in [-0.39, 0.29) is 0 Å². The second kappa shape index (κ2) is 11.7. The van der Waals surface area contributed by atoms with E-state index in [1.54, 1.807) is 11.8 Å². The third-order valence-electron chi connectivity index (χ3n) is 5.65. The zero-order valence-electron chi connectivity index (χ0n) is 19.1. The topological polar surface area (TPSA) is 55.2 Å². The molecule has 0 spiro atoms. The van der Waals surface area contributed by atoms with Crippen LogP contribution in [0.4, 0.5) is 4.53 Å². The quantitative estimate of drug-likeness (QED) is 0.362. The van der Waals surface area contributed by atoms with Crippen molar-refractivity contribution in [3.8, 4) is 5.69 Å².